The monoisotopic (exact) mass is 269 g/mol. The fourth-order valence-corrected chi connectivity index (χ4v) is 2.25. The Morgan fingerprint density at radius 2 is 2.11 bits per heavy atom. The lowest BCUT2D eigenvalue weighted by atomic mass is 10.1. The minimum Gasteiger partial charge on any atom is -0.506 e. The molecule has 1 heterocycles. The van der Waals surface area contributed by atoms with Crippen LogP contribution in [-0.2, 0) is 4.79 Å². The van der Waals surface area contributed by atoms with Crippen LogP contribution >= 0.6 is 11.6 Å². The fraction of sp³-hybridized carbons (Fsp3) is 0.333. The van der Waals surface area contributed by atoms with Gasteiger partial charge in [-0.2, -0.15) is 0 Å². The van der Waals surface area contributed by atoms with Gasteiger partial charge >= 0.3 is 5.97 Å². The Labute approximate surface area is 109 Å². The molecule has 5 nitrogen and oxygen atoms in total. The molecule has 1 aliphatic rings. The Morgan fingerprint density at radius 3 is 2.72 bits per heavy atom. The van der Waals surface area contributed by atoms with Gasteiger partial charge in [0.25, 0.3) is 5.91 Å². The zero-order valence-corrected chi connectivity index (χ0v) is 10.2. The minimum absolute atomic E-state index is 0.0759. The summed E-state index contributed by atoms with van der Waals surface area (Å²) in [6.45, 7) is 0.425. The molecule has 1 aliphatic heterocycles. The van der Waals surface area contributed by atoms with Gasteiger partial charge in [-0.1, -0.05) is 11.6 Å². The van der Waals surface area contributed by atoms with Crippen molar-refractivity contribution < 1.29 is 19.8 Å². The summed E-state index contributed by atoms with van der Waals surface area (Å²) in [6.07, 6.45) is 1.14. The van der Waals surface area contributed by atoms with Crippen molar-refractivity contribution in [2.75, 3.05) is 6.54 Å². The second-order valence-electron chi connectivity index (χ2n) is 4.16. The Kier molecular flexibility index (Phi) is 3.43. The van der Waals surface area contributed by atoms with Crippen molar-refractivity contribution >= 4 is 23.5 Å². The predicted octanol–water partition coefficient (Wildman–Crippen LogP) is 1.73. The molecule has 0 radical (unpaired) electrons. The van der Waals surface area contributed by atoms with Crippen LogP contribution in [0.1, 0.15) is 23.2 Å². The molecular weight excluding hydrogens is 258 g/mol. The first-order valence-electron chi connectivity index (χ1n) is 5.53. The highest BCUT2D eigenvalue weighted by Gasteiger charge is 2.34. The zero-order valence-electron chi connectivity index (χ0n) is 9.47. The lowest BCUT2D eigenvalue weighted by Crippen LogP contribution is -2.40. The van der Waals surface area contributed by atoms with Crippen molar-refractivity contribution in [3.63, 3.8) is 0 Å². The van der Waals surface area contributed by atoms with Crippen molar-refractivity contribution in [1.29, 1.82) is 0 Å². The predicted molar refractivity (Wildman–Crippen MR) is 64.8 cm³/mol. The Bertz CT molecular complexity index is 503. The van der Waals surface area contributed by atoms with E-state index in [0.717, 1.165) is 0 Å². The van der Waals surface area contributed by atoms with E-state index in [1.165, 1.54) is 23.1 Å². The lowest BCUT2D eigenvalue weighted by molar-refractivity contribution is -0.141. The Morgan fingerprint density at radius 1 is 1.39 bits per heavy atom. The molecule has 2 N–H and O–H groups in total. The van der Waals surface area contributed by atoms with Gasteiger partial charge < -0.3 is 15.1 Å². The van der Waals surface area contributed by atoms with Crippen LogP contribution in [-0.4, -0.2) is 39.6 Å². The molecule has 1 aromatic carbocycles. The molecular formula is C12H12ClNO4. The third-order valence-corrected chi connectivity index (χ3v) is 3.30. The van der Waals surface area contributed by atoms with E-state index in [9.17, 15) is 14.7 Å². The summed E-state index contributed by atoms with van der Waals surface area (Å²) in [7, 11) is 0. The fourth-order valence-electron chi connectivity index (χ4n) is 2.07. The molecule has 1 saturated heterocycles. The number of aliphatic carboxylic acids is 1. The third-order valence-electron chi connectivity index (χ3n) is 2.99. The Hall–Kier alpha value is -1.75. The number of hydrogen-bond donors (Lipinski definition) is 2. The van der Waals surface area contributed by atoms with Gasteiger partial charge in [0.2, 0.25) is 0 Å². The molecule has 0 unspecified atom stereocenters. The third kappa shape index (κ3) is 2.26. The first-order chi connectivity index (χ1) is 8.50. The second kappa shape index (κ2) is 4.86. The summed E-state index contributed by atoms with van der Waals surface area (Å²) in [6, 6.07) is 3.32. The lowest BCUT2D eigenvalue weighted by Gasteiger charge is -2.21. The summed E-state index contributed by atoms with van der Waals surface area (Å²) in [5.74, 6) is -1.48. The molecule has 1 aromatic rings. The molecule has 0 aliphatic carbocycles. The average Bonchev–Trinajstić information content (AvgIpc) is 2.81. The number of benzene rings is 1. The number of carboxylic acids is 1. The van der Waals surface area contributed by atoms with Crippen LogP contribution in [0.2, 0.25) is 5.02 Å². The van der Waals surface area contributed by atoms with Gasteiger partial charge in [0.1, 0.15) is 11.8 Å². The van der Waals surface area contributed by atoms with Crippen molar-refractivity contribution in [2.45, 2.75) is 18.9 Å². The van der Waals surface area contributed by atoms with Crippen LogP contribution in [0.4, 0.5) is 0 Å². The summed E-state index contributed by atoms with van der Waals surface area (Å²) < 4.78 is 0. The molecule has 0 spiro atoms. The molecule has 1 fully saturated rings. The summed E-state index contributed by atoms with van der Waals surface area (Å²) in [4.78, 5) is 24.5. The maximum absolute atomic E-state index is 12.1. The molecule has 1 amide bonds. The van der Waals surface area contributed by atoms with Gasteiger partial charge in [0.05, 0.1) is 5.02 Å². The number of phenolic OH excluding ortho intramolecular Hbond substituents is 1. The molecule has 6 heteroatoms. The minimum atomic E-state index is -0.995. The number of halogens is 1. The van der Waals surface area contributed by atoms with Crippen LogP contribution in [0, 0.1) is 0 Å². The van der Waals surface area contributed by atoms with Crippen molar-refractivity contribution in [1.82, 2.24) is 4.90 Å². The van der Waals surface area contributed by atoms with E-state index in [1.54, 1.807) is 0 Å². The van der Waals surface area contributed by atoms with Crippen molar-refractivity contribution in [2.24, 2.45) is 0 Å². The van der Waals surface area contributed by atoms with Gasteiger partial charge in [-0.3, -0.25) is 4.79 Å². The highest BCUT2D eigenvalue weighted by Crippen LogP contribution is 2.26. The number of nitrogens with zero attached hydrogens (tertiary/aromatic N) is 1. The summed E-state index contributed by atoms with van der Waals surface area (Å²) >= 11 is 5.73. The number of phenols is 1. The molecule has 18 heavy (non-hydrogen) atoms. The standard InChI is InChI=1S/C12H12ClNO4/c13-8-6-7(3-4-10(8)15)11(16)14-5-1-2-9(14)12(17)18/h3-4,6,9,15H,1-2,5H2,(H,17,18)/t9-/m0/s1. The van der Waals surface area contributed by atoms with Gasteiger partial charge in [0, 0.05) is 12.1 Å². The highest BCUT2D eigenvalue weighted by molar-refractivity contribution is 6.32. The highest BCUT2D eigenvalue weighted by atomic mass is 35.5. The molecule has 2 rings (SSSR count). The second-order valence-corrected chi connectivity index (χ2v) is 4.57. The van der Waals surface area contributed by atoms with Gasteiger partial charge in [0.15, 0.2) is 0 Å². The van der Waals surface area contributed by atoms with E-state index < -0.39 is 12.0 Å². The van der Waals surface area contributed by atoms with E-state index in [1.807, 2.05) is 0 Å². The average molecular weight is 270 g/mol. The van der Waals surface area contributed by atoms with Crippen LogP contribution in [0.5, 0.6) is 5.75 Å². The Balaban J connectivity index is 2.25. The first kappa shape index (κ1) is 12.7. The number of carbonyl (C=O) groups excluding carboxylic acids is 1. The summed E-state index contributed by atoms with van der Waals surface area (Å²) in [5, 5.41) is 18.4. The maximum Gasteiger partial charge on any atom is 0.326 e. The van der Waals surface area contributed by atoms with Crippen LogP contribution in [0.25, 0.3) is 0 Å². The number of amides is 1. The normalized spacial score (nSPS) is 18.9. The maximum atomic E-state index is 12.1. The number of hydrogen-bond acceptors (Lipinski definition) is 3. The largest absolute Gasteiger partial charge is 0.506 e. The van der Waals surface area contributed by atoms with E-state index in [4.69, 9.17) is 16.7 Å². The number of likely N-dealkylation sites (tertiary alicyclic amines) is 1. The number of carbonyl (C=O) groups is 2. The van der Waals surface area contributed by atoms with E-state index >= 15 is 0 Å². The molecule has 96 valence electrons. The van der Waals surface area contributed by atoms with Crippen molar-refractivity contribution in [3.05, 3.63) is 28.8 Å². The van der Waals surface area contributed by atoms with Gasteiger partial charge in [-0.05, 0) is 31.0 Å². The molecule has 1 atom stereocenters. The first-order valence-corrected chi connectivity index (χ1v) is 5.91. The SMILES string of the molecule is O=C(O)[C@@H]1CCCN1C(=O)c1ccc(O)c(Cl)c1. The van der Waals surface area contributed by atoms with Gasteiger partial charge in [-0.15, -0.1) is 0 Å². The zero-order chi connectivity index (χ0) is 13.3. The number of rotatable bonds is 2. The van der Waals surface area contributed by atoms with Crippen LogP contribution in [0.15, 0.2) is 18.2 Å². The number of carboxylic acid groups (broad SMARTS) is 1. The van der Waals surface area contributed by atoms with Crippen LogP contribution in [0.3, 0.4) is 0 Å². The van der Waals surface area contributed by atoms with Crippen molar-refractivity contribution in [3.8, 4) is 5.75 Å². The molecule has 0 aromatic heterocycles. The van der Waals surface area contributed by atoms with E-state index in [-0.39, 0.29) is 22.2 Å². The topological polar surface area (TPSA) is 77.8 Å². The smallest absolute Gasteiger partial charge is 0.326 e. The summed E-state index contributed by atoms with van der Waals surface area (Å²) in [5.41, 5.74) is 0.283. The van der Waals surface area contributed by atoms with Crippen LogP contribution < -0.4 is 0 Å². The molecule has 0 saturated carbocycles. The van der Waals surface area contributed by atoms with E-state index in [2.05, 4.69) is 0 Å². The van der Waals surface area contributed by atoms with Gasteiger partial charge in [-0.25, -0.2) is 4.79 Å². The van der Waals surface area contributed by atoms with E-state index in [0.29, 0.717) is 19.4 Å². The quantitative estimate of drug-likeness (QED) is 0.857. The number of aromatic hydroxyl groups is 1. The molecule has 0 bridgehead atoms.